The zero-order valence-corrected chi connectivity index (χ0v) is 15.7. The van der Waals surface area contributed by atoms with Crippen LogP contribution in [0.2, 0.25) is 0 Å². The number of rotatable bonds is 4. The largest absolute Gasteiger partial charge is 0.343 e. The fourth-order valence-corrected chi connectivity index (χ4v) is 3.47. The number of aryl methyl sites for hydroxylation is 1. The van der Waals surface area contributed by atoms with Crippen LogP contribution in [0.15, 0.2) is 28.9 Å². The number of hydrogen-bond donors (Lipinski definition) is 1. The van der Waals surface area contributed by atoms with Crippen molar-refractivity contribution >= 4 is 55.8 Å². The Hall–Kier alpha value is -0.470. The van der Waals surface area contributed by atoms with Crippen LogP contribution >= 0.6 is 49.9 Å². The van der Waals surface area contributed by atoms with Crippen molar-refractivity contribution in [3.8, 4) is 0 Å². The summed E-state index contributed by atoms with van der Waals surface area (Å²) in [4.78, 5) is 17.9. The number of halogens is 2. The van der Waals surface area contributed by atoms with Gasteiger partial charge in [-0.05, 0) is 70.1 Å². The second-order valence-electron chi connectivity index (χ2n) is 4.34. The molecule has 6 heteroatoms. The molecule has 20 heavy (non-hydrogen) atoms. The highest BCUT2D eigenvalue weighted by Gasteiger charge is 2.16. The fraction of sp³-hybridized carbons (Fsp3) is 0.286. The van der Waals surface area contributed by atoms with E-state index in [1.807, 2.05) is 31.3 Å². The van der Waals surface area contributed by atoms with E-state index in [1.165, 1.54) is 4.88 Å². The van der Waals surface area contributed by atoms with Gasteiger partial charge in [0.15, 0.2) is 0 Å². The summed E-state index contributed by atoms with van der Waals surface area (Å²) in [5.74, 6) is -0.0869. The highest BCUT2D eigenvalue weighted by Crippen LogP contribution is 2.23. The minimum Gasteiger partial charge on any atom is -0.343 e. The first kappa shape index (κ1) is 15.9. The lowest BCUT2D eigenvalue weighted by atomic mass is 10.2. The minimum absolute atomic E-state index is 0.0856. The summed E-state index contributed by atoms with van der Waals surface area (Å²) in [6, 6.07) is 5.63. The third-order valence-electron chi connectivity index (χ3n) is 2.81. The zero-order valence-electron chi connectivity index (χ0n) is 11.1. The number of carbonyl (C=O) groups is 1. The third kappa shape index (κ3) is 3.79. The van der Waals surface area contributed by atoms with Crippen LogP contribution in [0.4, 0.5) is 0 Å². The van der Waals surface area contributed by atoms with Crippen molar-refractivity contribution in [1.82, 2.24) is 10.3 Å². The molecule has 0 spiro atoms. The Morgan fingerprint density at radius 2 is 2.30 bits per heavy atom. The second-order valence-corrected chi connectivity index (χ2v) is 7.58. The van der Waals surface area contributed by atoms with E-state index in [-0.39, 0.29) is 11.9 Å². The molecule has 0 saturated heterocycles. The Balaban J connectivity index is 2.12. The summed E-state index contributed by atoms with van der Waals surface area (Å²) in [6.07, 6.45) is 2.85. The zero-order chi connectivity index (χ0) is 14.7. The molecule has 1 heterocycles. The van der Waals surface area contributed by atoms with Crippen LogP contribution < -0.4 is 5.32 Å². The molecule has 0 aliphatic heterocycles. The maximum Gasteiger partial charge on any atom is 0.253 e. The van der Waals surface area contributed by atoms with Crippen LogP contribution in [0, 0.1) is 3.57 Å². The standard InChI is InChI=1S/C14H14BrIN2OS/c1-3-10-7-17-14(20-10)8(2)18-13(19)11-6-9(16)4-5-12(11)15/h4-8H,3H2,1-2H3,(H,18,19). The summed E-state index contributed by atoms with van der Waals surface area (Å²) in [5, 5.41) is 3.94. The average molecular weight is 465 g/mol. The van der Waals surface area contributed by atoms with Gasteiger partial charge in [-0.1, -0.05) is 6.92 Å². The van der Waals surface area contributed by atoms with Crippen LogP contribution in [0.5, 0.6) is 0 Å². The van der Waals surface area contributed by atoms with Gasteiger partial charge in [-0.15, -0.1) is 11.3 Å². The average Bonchev–Trinajstić information content (AvgIpc) is 2.90. The first-order valence-corrected chi connectivity index (χ1v) is 8.90. The lowest BCUT2D eigenvalue weighted by Gasteiger charge is -2.12. The quantitative estimate of drug-likeness (QED) is 0.673. The van der Waals surface area contributed by atoms with Crippen molar-refractivity contribution in [2.45, 2.75) is 26.3 Å². The van der Waals surface area contributed by atoms with E-state index in [0.29, 0.717) is 5.56 Å². The van der Waals surface area contributed by atoms with E-state index in [4.69, 9.17) is 0 Å². The number of benzene rings is 1. The molecule has 2 rings (SSSR count). The maximum absolute atomic E-state index is 12.3. The van der Waals surface area contributed by atoms with E-state index in [9.17, 15) is 4.79 Å². The lowest BCUT2D eigenvalue weighted by Crippen LogP contribution is -2.26. The molecule has 3 nitrogen and oxygen atoms in total. The van der Waals surface area contributed by atoms with Crippen molar-refractivity contribution in [2.75, 3.05) is 0 Å². The molecule has 1 unspecified atom stereocenters. The highest BCUT2D eigenvalue weighted by molar-refractivity contribution is 14.1. The molecule has 1 amide bonds. The smallest absolute Gasteiger partial charge is 0.253 e. The molecular weight excluding hydrogens is 451 g/mol. The van der Waals surface area contributed by atoms with E-state index in [0.717, 1.165) is 19.5 Å². The van der Waals surface area contributed by atoms with Crippen molar-refractivity contribution in [3.63, 3.8) is 0 Å². The summed E-state index contributed by atoms with van der Waals surface area (Å²) in [7, 11) is 0. The van der Waals surface area contributed by atoms with Gasteiger partial charge < -0.3 is 5.32 Å². The Morgan fingerprint density at radius 1 is 1.55 bits per heavy atom. The van der Waals surface area contributed by atoms with Crippen LogP contribution in [-0.4, -0.2) is 10.9 Å². The van der Waals surface area contributed by atoms with Crippen molar-refractivity contribution in [1.29, 1.82) is 0 Å². The molecule has 0 fully saturated rings. The molecule has 0 radical (unpaired) electrons. The second kappa shape index (κ2) is 7.00. The van der Waals surface area contributed by atoms with Crippen LogP contribution in [-0.2, 0) is 6.42 Å². The van der Waals surface area contributed by atoms with E-state index < -0.39 is 0 Å². The fourth-order valence-electron chi connectivity index (χ4n) is 1.69. The third-order valence-corrected chi connectivity index (χ3v) is 5.50. The Kier molecular flexibility index (Phi) is 5.57. The normalized spacial score (nSPS) is 12.2. The first-order chi connectivity index (χ1) is 9.51. The number of amides is 1. The number of nitrogens with one attached hydrogen (secondary N) is 1. The van der Waals surface area contributed by atoms with E-state index in [2.05, 4.69) is 55.7 Å². The van der Waals surface area contributed by atoms with Crippen LogP contribution in [0.25, 0.3) is 0 Å². The maximum atomic E-state index is 12.3. The van der Waals surface area contributed by atoms with Gasteiger partial charge >= 0.3 is 0 Å². The van der Waals surface area contributed by atoms with Gasteiger partial charge in [0.25, 0.3) is 5.91 Å². The summed E-state index contributed by atoms with van der Waals surface area (Å²) >= 11 is 7.26. The van der Waals surface area contributed by atoms with Gasteiger partial charge in [0, 0.05) is 19.1 Å². The number of thiazole rings is 1. The Morgan fingerprint density at radius 3 is 2.95 bits per heavy atom. The summed E-state index contributed by atoms with van der Waals surface area (Å²) in [5.41, 5.74) is 0.649. The SMILES string of the molecule is CCc1cnc(C(C)NC(=O)c2cc(I)ccc2Br)s1. The molecule has 0 bridgehead atoms. The summed E-state index contributed by atoms with van der Waals surface area (Å²) in [6.45, 7) is 4.06. The first-order valence-electron chi connectivity index (χ1n) is 6.21. The molecule has 0 saturated carbocycles. The van der Waals surface area contributed by atoms with Gasteiger partial charge in [0.2, 0.25) is 0 Å². The Bertz CT molecular complexity index is 629. The predicted octanol–water partition coefficient (Wildman–Crippen LogP) is 4.56. The number of aromatic nitrogens is 1. The molecule has 0 aliphatic carbocycles. The van der Waals surface area contributed by atoms with Crippen molar-refractivity contribution in [2.24, 2.45) is 0 Å². The topological polar surface area (TPSA) is 42.0 Å². The van der Waals surface area contributed by atoms with Crippen LogP contribution in [0.1, 0.15) is 40.1 Å². The number of nitrogens with zero attached hydrogens (tertiary/aromatic N) is 1. The van der Waals surface area contributed by atoms with Crippen molar-refractivity contribution in [3.05, 3.63) is 47.9 Å². The minimum atomic E-state index is -0.0869. The summed E-state index contributed by atoms with van der Waals surface area (Å²) < 4.78 is 1.84. The van der Waals surface area contributed by atoms with Gasteiger partial charge in [0.05, 0.1) is 11.6 Å². The predicted molar refractivity (Wildman–Crippen MR) is 94.2 cm³/mol. The molecule has 0 aliphatic rings. The van der Waals surface area contributed by atoms with Gasteiger partial charge in [0.1, 0.15) is 5.01 Å². The Labute approximate surface area is 144 Å². The molecule has 1 aromatic heterocycles. The highest BCUT2D eigenvalue weighted by atomic mass is 127. The monoisotopic (exact) mass is 464 g/mol. The molecule has 2 aromatic rings. The van der Waals surface area contributed by atoms with Gasteiger partial charge in [-0.25, -0.2) is 4.98 Å². The molecule has 106 valence electrons. The lowest BCUT2D eigenvalue weighted by molar-refractivity contribution is 0.0939. The van der Waals surface area contributed by atoms with Crippen molar-refractivity contribution < 1.29 is 4.79 Å². The van der Waals surface area contributed by atoms with Crippen LogP contribution in [0.3, 0.4) is 0 Å². The van der Waals surface area contributed by atoms with Gasteiger partial charge in [-0.2, -0.15) is 0 Å². The molecule has 1 atom stereocenters. The van der Waals surface area contributed by atoms with Gasteiger partial charge in [-0.3, -0.25) is 4.79 Å². The number of hydrogen-bond acceptors (Lipinski definition) is 3. The molecule has 1 N–H and O–H groups in total. The van der Waals surface area contributed by atoms with E-state index >= 15 is 0 Å². The number of carbonyl (C=O) groups excluding carboxylic acids is 1. The van der Waals surface area contributed by atoms with E-state index in [1.54, 1.807) is 11.3 Å². The molecule has 1 aromatic carbocycles. The molecular formula is C14H14BrIN2OS.